The minimum atomic E-state index is -0.723. The molecule has 0 amide bonds. The number of hydrogen-bond donors (Lipinski definition) is 0. The topological polar surface area (TPSA) is 88.9 Å². The summed E-state index contributed by atoms with van der Waals surface area (Å²) in [4.78, 5) is 25.7. The molecule has 4 aromatic rings. The number of rotatable bonds is 6. The fraction of sp³-hybridized carbons (Fsp3) is 0.160. The van der Waals surface area contributed by atoms with Crippen LogP contribution in [0.4, 0.5) is 0 Å². The average molecular weight is 446 g/mol. The van der Waals surface area contributed by atoms with Crippen LogP contribution in [-0.2, 0) is 9.47 Å². The lowest BCUT2D eigenvalue weighted by Gasteiger charge is -2.12. The van der Waals surface area contributed by atoms with Gasteiger partial charge in [0.05, 0.1) is 34.1 Å². The van der Waals surface area contributed by atoms with Crippen LogP contribution in [0.5, 0.6) is 11.5 Å². The summed E-state index contributed by atoms with van der Waals surface area (Å²) in [5.41, 5.74) is 1.26. The van der Waals surface area contributed by atoms with Gasteiger partial charge in [-0.15, -0.1) is 0 Å². The molecule has 0 saturated heterocycles. The lowest BCUT2D eigenvalue weighted by Crippen LogP contribution is -2.15. The number of esters is 2. The van der Waals surface area contributed by atoms with Crippen LogP contribution in [0.25, 0.3) is 27.7 Å². The summed E-state index contributed by atoms with van der Waals surface area (Å²) in [5, 5.41) is 6.32. The molecular formula is C25H22N2O6. The summed E-state index contributed by atoms with van der Waals surface area (Å²) in [6, 6.07) is 18.3. The molecule has 0 aliphatic carbocycles. The van der Waals surface area contributed by atoms with Gasteiger partial charge in [0.1, 0.15) is 22.8 Å². The minimum Gasteiger partial charge on any atom is -0.496 e. The third-order valence-electron chi connectivity index (χ3n) is 5.29. The zero-order valence-corrected chi connectivity index (χ0v) is 18.6. The number of fused-ring (bicyclic) bond motifs is 1. The summed E-state index contributed by atoms with van der Waals surface area (Å²) in [7, 11) is 5.60. The summed E-state index contributed by atoms with van der Waals surface area (Å²) in [6.07, 6.45) is 0. The lowest BCUT2D eigenvalue weighted by atomic mass is 10.00. The van der Waals surface area contributed by atoms with E-state index in [1.807, 2.05) is 36.4 Å². The van der Waals surface area contributed by atoms with E-state index in [0.29, 0.717) is 22.7 Å². The molecule has 8 nitrogen and oxygen atoms in total. The molecule has 8 heteroatoms. The summed E-state index contributed by atoms with van der Waals surface area (Å²) in [6.45, 7) is 0. The molecule has 0 unspecified atom stereocenters. The van der Waals surface area contributed by atoms with Crippen LogP contribution >= 0.6 is 0 Å². The highest BCUT2D eigenvalue weighted by Gasteiger charge is 2.32. The monoisotopic (exact) mass is 446 g/mol. The molecule has 33 heavy (non-hydrogen) atoms. The fourth-order valence-electron chi connectivity index (χ4n) is 3.75. The Kier molecular flexibility index (Phi) is 5.99. The van der Waals surface area contributed by atoms with Gasteiger partial charge >= 0.3 is 11.9 Å². The number of benzene rings is 3. The number of para-hydroxylation sites is 1. The van der Waals surface area contributed by atoms with Gasteiger partial charge < -0.3 is 18.9 Å². The Morgan fingerprint density at radius 3 is 2.12 bits per heavy atom. The second kappa shape index (κ2) is 9.04. The number of carbonyl (C=O) groups is 2. The third kappa shape index (κ3) is 3.76. The van der Waals surface area contributed by atoms with E-state index in [1.54, 1.807) is 31.4 Å². The molecule has 0 N–H and O–H groups in total. The van der Waals surface area contributed by atoms with Crippen LogP contribution in [0.3, 0.4) is 0 Å². The highest BCUT2D eigenvalue weighted by atomic mass is 16.5. The Morgan fingerprint density at radius 2 is 1.48 bits per heavy atom. The van der Waals surface area contributed by atoms with E-state index in [2.05, 4.69) is 5.10 Å². The van der Waals surface area contributed by atoms with Crippen molar-refractivity contribution in [1.82, 2.24) is 9.78 Å². The van der Waals surface area contributed by atoms with Gasteiger partial charge in [0.25, 0.3) is 0 Å². The van der Waals surface area contributed by atoms with Crippen molar-refractivity contribution in [3.63, 3.8) is 0 Å². The largest absolute Gasteiger partial charge is 0.496 e. The maximum atomic E-state index is 12.9. The smallest absolute Gasteiger partial charge is 0.357 e. The van der Waals surface area contributed by atoms with Gasteiger partial charge in [0, 0.05) is 10.9 Å². The number of hydrogen-bond acceptors (Lipinski definition) is 7. The Hall–Kier alpha value is -4.33. The zero-order chi connectivity index (χ0) is 23.5. The molecule has 4 rings (SSSR count). The molecule has 0 fully saturated rings. The number of nitrogens with zero attached hydrogens (tertiary/aromatic N) is 2. The SMILES string of the molecule is COC(=O)c1c(-c2cc3cccc(OC)c3cc2OC)nn(-c2ccccc2)c1C(=O)OC. The molecule has 0 bridgehead atoms. The molecule has 1 aromatic heterocycles. The van der Waals surface area contributed by atoms with E-state index in [1.165, 1.54) is 26.0 Å². The lowest BCUT2D eigenvalue weighted by molar-refractivity contribution is 0.0549. The first-order valence-electron chi connectivity index (χ1n) is 10.0. The van der Waals surface area contributed by atoms with Crippen molar-refractivity contribution in [2.75, 3.05) is 28.4 Å². The molecule has 0 radical (unpaired) electrons. The van der Waals surface area contributed by atoms with Gasteiger partial charge in [0.15, 0.2) is 5.69 Å². The van der Waals surface area contributed by atoms with E-state index in [9.17, 15) is 9.59 Å². The predicted molar refractivity (Wildman–Crippen MR) is 122 cm³/mol. The van der Waals surface area contributed by atoms with Crippen LogP contribution in [-0.4, -0.2) is 50.2 Å². The molecule has 0 aliphatic heterocycles. The van der Waals surface area contributed by atoms with Crippen LogP contribution in [0.15, 0.2) is 60.7 Å². The van der Waals surface area contributed by atoms with E-state index >= 15 is 0 Å². The van der Waals surface area contributed by atoms with Gasteiger partial charge in [-0.1, -0.05) is 30.3 Å². The van der Waals surface area contributed by atoms with Crippen molar-refractivity contribution in [1.29, 1.82) is 0 Å². The maximum absolute atomic E-state index is 12.9. The summed E-state index contributed by atoms with van der Waals surface area (Å²) in [5.74, 6) is -0.318. The first-order valence-corrected chi connectivity index (χ1v) is 10.0. The number of carbonyl (C=O) groups excluding carboxylic acids is 2. The van der Waals surface area contributed by atoms with Crippen LogP contribution in [0.2, 0.25) is 0 Å². The Morgan fingerprint density at radius 1 is 0.788 bits per heavy atom. The molecule has 1 heterocycles. The van der Waals surface area contributed by atoms with Crippen molar-refractivity contribution < 1.29 is 28.5 Å². The van der Waals surface area contributed by atoms with Crippen LogP contribution in [0.1, 0.15) is 20.8 Å². The first kappa shape index (κ1) is 21.9. The number of methoxy groups -OCH3 is 4. The van der Waals surface area contributed by atoms with Crippen molar-refractivity contribution in [2.24, 2.45) is 0 Å². The molecule has 0 aliphatic rings. The summed E-state index contributed by atoms with van der Waals surface area (Å²) < 4.78 is 22.5. The Labute approximate surface area is 190 Å². The minimum absolute atomic E-state index is 0.0197. The Bertz CT molecular complexity index is 1340. The zero-order valence-electron chi connectivity index (χ0n) is 18.6. The standard InChI is InChI=1S/C25H22N2O6/c1-30-19-12-8-9-15-13-18(20(31-2)14-17(15)19)22-21(24(28)32-3)23(25(29)33-4)27(26-22)16-10-6-5-7-11-16/h5-14H,1-4H3. The fourth-order valence-corrected chi connectivity index (χ4v) is 3.75. The van der Waals surface area contributed by atoms with Gasteiger partial charge in [-0.25, -0.2) is 14.3 Å². The predicted octanol–water partition coefficient (Wildman–Crippen LogP) is 4.28. The van der Waals surface area contributed by atoms with E-state index in [0.717, 1.165) is 10.8 Å². The second-order valence-electron chi connectivity index (χ2n) is 7.04. The maximum Gasteiger partial charge on any atom is 0.357 e. The van der Waals surface area contributed by atoms with Crippen molar-refractivity contribution in [3.8, 4) is 28.4 Å². The van der Waals surface area contributed by atoms with E-state index in [4.69, 9.17) is 18.9 Å². The average Bonchev–Trinajstić information content (AvgIpc) is 3.27. The summed E-state index contributed by atoms with van der Waals surface area (Å²) >= 11 is 0. The molecular weight excluding hydrogens is 424 g/mol. The third-order valence-corrected chi connectivity index (χ3v) is 5.29. The normalized spacial score (nSPS) is 10.7. The van der Waals surface area contributed by atoms with Crippen molar-refractivity contribution >= 4 is 22.7 Å². The highest BCUT2D eigenvalue weighted by Crippen LogP contribution is 2.39. The van der Waals surface area contributed by atoms with E-state index < -0.39 is 11.9 Å². The van der Waals surface area contributed by atoms with Gasteiger partial charge in [0.2, 0.25) is 0 Å². The van der Waals surface area contributed by atoms with Crippen LogP contribution in [0, 0.1) is 0 Å². The first-order chi connectivity index (χ1) is 16.0. The molecule has 0 atom stereocenters. The highest BCUT2D eigenvalue weighted by molar-refractivity contribution is 6.08. The van der Waals surface area contributed by atoms with Crippen molar-refractivity contribution in [3.05, 3.63) is 71.9 Å². The number of aromatic nitrogens is 2. The van der Waals surface area contributed by atoms with Crippen molar-refractivity contribution in [2.45, 2.75) is 0 Å². The van der Waals surface area contributed by atoms with Crippen LogP contribution < -0.4 is 9.47 Å². The molecule has 0 spiro atoms. The van der Waals surface area contributed by atoms with Gasteiger partial charge in [-0.2, -0.15) is 5.10 Å². The second-order valence-corrected chi connectivity index (χ2v) is 7.04. The molecule has 168 valence electrons. The molecule has 0 saturated carbocycles. The Balaban J connectivity index is 2.09. The number of ether oxygens (including phenoxy) is 4. The van der Waals surface area contributed by atoms with Gasteiger partial charge in [-0.05, 0) is 35.7 Å². The molecule has 3 aromatic carbocycles. The quantitative estimate of drug-likeness (QED) is 0.408. The van der Waals surface area contributed by atoms with E-state index in [-0.39, 0.29) is 17.0 Å². The van der Waals surface area contributed by atoms with Gasteiger partial charge in [-0.3, -0.25) is 0 Å².